The summed E-state index contributed by atoms with van der Waals surface area (Å²) in [5, 5.41) is 8.22. The molecule has 92 valence electrons. The summed E-state index contributed by atoms with van der Waals surface area (Å²) in [5.74, 6) is 0.0136. The summed E-state index contributed by atoms with van der Waals surface area (Å²) in [6.45, 7) is 0.710. The Morgan fingerprint density at radius 1 is 1.39 bits per heavy atom. The van der Waals surface area contributed by atoms with Crippen molar-refractivity contribution in [3.63, 3.8) is 0 Å². The lowest BCUT2D eigenvalue weighted by molar-refractivity contribution is -0.117. The predicted octanol–water partition coefficient (Wildman–Crippen LogP) is 3.29. The second kappa shape index (κ2) is 4.84. The van der Waals surface area contributed by atoms with Crippen molar-refractivity contribution >= 4 is 38.9 Å². The van der Waals surface area contributed by atoms with Crippen LogP contribution in [0, 0.1) is 0 Å². The molecule has 1 aromatic heterocycles. The largest absolute Gasteiger partial charge is 0.324 e. The maximum Gasteiger partial charge on any atom is 0.246 e. The quantitative estimate of drug-likeness (QED) is 0.910. The number of rotatable bonds is 3. The molecule has 1 aliphatic heterocycles. The fourth-order valence-electron chi connectivity index (χ4n) is 2.05. The zero-order valence-corrected chi connectivity index (χ0v) is 11.8. The van der Waals surface area contributed by atoms with E-state index in [0.717, 1.165) is 15.7 Å². The van der Waals surface area contributed by atoms with Gasteiger partial charge in [-0.15, -0.1) is 11.3 Å². The van der Waals surface area contributed by atoms with Crippen LogP contribution in [0.2, 0.25) is 0 Å². The molecule has 0 bridgehead atoms. The van der Waals surface area contributed by atoms with E-state index >= 15 is 0 Å². The van der Waals surface area contributed by atoms with Crippen LogP contribution in [-0.4, -0.2) is 5.91 Å². The molecule has 1 atom stereocenters. The molecule has 2 heterocycles. The molecule has 1 aromatic carbocycles. The number of halogens is 1. The van der Waals surface area contributed by atoms with Crippen LogP contribution >= 0.6 is 27.3 Å². The van der Waals surface area contributed by atoms with Crippen molar-refractivity contribution in [3.05, 3.63) is 50.6 Å². The third kappa shape index (κ3) is 2.21. The van der Waals surface area contributed by atoms with Gasteiger partial charge in [0.25, 0.3) is 0 Å². The van der Waals surface area contributed by atoms with Crippen LogP contribution in [0.5, 0.6) is 0 Å². The average Bonchev–Trinajstić information content (AvgIpc) is 2.94. The lowest BCUT2D eigenvalue weighted by Crippen LogP contribution is -2.26. The van der Waals surface area contributed by atoms with Crippen molar-refractivity contribution in [2.45, 2.75) is 12.6 Å². The van der Waals surface area contributed by atoms with Crippen LogP contribution in [0.3, 0.4) is 0 Å². The standard InChI is InChI=1S/C13H11BrN2OS/c14-8-3-4-11-10(6-8)12(13(17)16-11)15-7-9-2-1-5-18-9/h1-6,12,15H,7H2,(H,16,17). The Bertz CT molecular complexity index is 583. The number of hydrogen-bond donors (Lipinski definition) is 2. The normalized spacial score (nSPS) is 17.6. The summed E-state index contributed by atoms with van der Waals surface area (Å²) in [5.41, 5.74) is 1.90. The van der Waals surface area contributed by atoms with Gasteiger partial charge in [0.15, 0.2) is 0 Å². The Hall–Kier alpha value is -1.17. The molecule has 2 aromatic rings. The van der Waals surface area contributed by atoms with E-state index < -0.39 is 0 Å². The first-order chi connectivity index (χ1) is 8.74. The maximum atomic E-state index is 11.9. The second-order valence-electron chi connectivity index (χ2n) is 4.11. The minimum Gasteiger partial charge on any atom is -0.324 e. The molecule has 3 nitrogen and oxygen atoms in total. The van der Waals surface area contributed by atoms with E-state index in [9.17, 15) is 4.79 Å². The molecule has 0 aliphatic carbocycles. The number of nitrogens with one attached hydrogen (secondary N) is 2. The van der Waals surface area contributed by atoms with E-state index in [2.05, 4.69) is 32.6 Å². The van der Waals surface area contributed by atoms with Gasteiger partial charge in [0.1, 0.15) is 6.04 Å². The van der Waals surface area contributed by atoms with Gasteiger partial charge in [-0.3, -0.25) is 10.1 Å². The number of benzene rings is 1. The molecule has 0 saturated carbocycles. The highest BCUT2D eigenvalue weighted by Gasteiger charge is 2.30. The van der Waals surface area contributed by atoms with Gasteiger partial charge in [-0.2, -0.15) is 0 Å². The number of amides is 1. The maximum absolute atomic E-state index is 11.9. The smallest absolute Gasteiger partial charge is 0.246 e. The van der Waals surface area contributed by atoms with Gasteiger partial charge in [-0.05, 0) is 29.6 Å². The van der Waals surface area contributed by atoms with E-state index in [0.29, 0.717) is 6.54 Å². The first-order valence-corrected chi connectivity index (χ1v) is 7.27. The minimum atomic E-state index is -0.264. The summed E-state index contributed by atoms with van der Waals surface area (Å²) < 4.78 is 0.987. The Morgan fingerprint density at radius 3 is 3.06 bits per heavy atom. The number of carbonyl (C=O) groups is 1. The molecule has 0 fully saturated rings. The number of hydrogen-bond acceptors (Lipinski definition) is 3. The highest BCUT2D eigenvalue weighted by molar-refractivity contribution is 9.10. The lowest BCUT2D eigenvalue weighted by atomic mass is 10.1. The number of fused-ring (bicyclic) bond motifs is 1. The minimum absolute atomic E-state index is 0.0136. The highest BCUT2D eigenvalue weighted by atomic mass is 79.9. The van der Waals surface area contributed by atoms with Crippen molar-refractivity contribution in [1.29, 1.82) is 0 Å². The zero-order chi connectivity index (χ0) is 12.5. The molecule has 3 rings (SSSR count). The zero-order valence-electron chi connectivity index (χ0n) is 9.44. The van der Waals surface area contributed by atoms with E-state index in [-0.39, 0.29) is 11.9 Å². The van der Waals surface area contributed by atoms with Crippen LogP contribution < -0.4 is 10.6 Å². The molecule has 0 saturated heterocycles. The molecule has 1 unspecified atom stereocenters. The van der Waals surface area contributed by atoms with E-state index in [1.807, 2.05) is 29.6 Å². The van der Waals surface area contributed by atoms with Crippen molar-refractivity contribution in [2.75, 3.05) is 5.32 Å². The third-order valence-corrected chi connectivity index (χ3v) is 4.27. The first-order valence-electron chi connectivity index (χ1n) is 5.60. The third-order valence-electron chi connectivity index (χ3n) is 2.91. The van der Waals surface area contributed by atoms with Crippen LogP contribution in [-0.2, 0) is 11.3 Å². The van der Waals surface area contributed by atoms with Gasteiger partial charge in [-0.1, -0.05) is 22.0 Å². The lowest BCUT2D eigenvalue weighted by Gasteiger charge is -2.10. The van der Waals surface area contributed by atoms with Crippen LogP contribution in [0.1, 0.15) is 16.5 Å². The molecule has 0 spiro atoms. The summed E-state index contributed by atoms with van der Waals surface area (Å²) in [4.78, 5) is 13.1. The summed E-state index contributed by atoms with van der Waals surface area (Å²) in [6, 6.07) is 9.65. The Kier molecular flexibility index (Phi) is 3.20. The topological polar surface area (TPSA) is 41.1 Å². The molecular formula is C13H11BrN2OS. The van der Waals surface area contributed by atoms with E-state index in [4.69, 9.17) is 0 Å². The molecule has 1 amide bonds. The molecular weight excluding hydrogens is 312 g/mol. The first kappa shape index (κ1) is 11.9. The monoisotopic (exact) mass is 322 g/mol. The molecule has 0 radical (unpaired) electrons. The van der Waals surface area contributed by atoms with E-state index in [1.165, 1.54) is 4.88 Å². The molecule has 1 aliphatic rings. The predicted molar refractivity (Wildman–Crippen MR) is 76.7 cm³/mol. The van der Waals surface area contributed by atoms with Gasteiger partial charge >= 0.3 is 0 Å². The van der Waals surface area contributed by atoms with E-state index in [1.54, 1.807) is 11.3 Å². The SMILES string of the molecule is O=C1Nc2ccc(Br)cc2C1NCc1cccs1. The second-order valence-corrected chi connectivity index (χ2v) is 6.06. The molecule has 2 N–H and O–H groups in total. The van der Waals surface area contributed by atoms with Gasteiger partial charge in [0.05, 0.1) is 0 Å². The van der Waals surface area contributed by atoms with Crippen LogP contribution in [0.4, 0.5) is 5.69 Å². The van der Waals surface area contributed by atoms with Gasteiger partial charge in [0, 0.05) is 27.1 Å². The summed E-state index contributed by atoms with van der Waals surface area (Å²) in [6.07, 6.45) is 0. The van der Waals surface area contributed by atoms with Gasteiger partial charge < -0.3 is 5.32 Å². The molecule has 5 heteroatoms. The average molecular weight is 323 g/mol. The Morgan fingerprint density at radius 2 is 2.28 bits per heavy atom. The van der Waals surface area contributed by atoms with Crippen molar-refractivity contribution in [1.82, 2.24) is 5.32 Å². The fraction of sp³-hybridized carbons (Fsp3) is 0.154. The van der Waals surface area contributed by atoms with Crippen molar-refractivity contribution in [3.8, 4) is 0 Å². The number of anilines is 1. The summed E-state index contributed by atoms with van der Waals surface area (Å²) >= 11 is 5.13. The van der Waals surface area contributed by atoms with Crippen LogP contribution in [0.15, 0.2) is 40.2 Å². The fourth-order valence-corrected chi connectivity index (χ4v) is 3.09. The van der Waals surface area contributed by atoms with Crippen LogP contribution in [0.25, 0.3) is 0 Å². The van der Waals surface area contributed by atoms with Crippen molar-refractivity contribution in [2.24, 2.45) is 0 Å². The van der Waals surface area contributed by atoms with Crippen molar-refractivity contribution < 1.29 is 4.79 Å². The number of carbonyl (C=O) groups excluding carboxylic acids is 1. The Balaban J connectivity index is 1.80. The highest BCUT2D eigenvalue weighted by Crippen LogP contribution is 2.33. The summed E-state index contributed by atoms with van der Waals surface area (Å²) in [7, 11) is 0. The van der Waals surface area contributed by atoms with Gasteiger partial charge in [-0.25, -0.2) is 0 Å². The number of thiophene rings is 1. The molecule has 18 heavy (non-hydrogen) atoms. The van der Waals surface area contributed by atoms with Gasteiger partial charge in [0.2, 0.25) is 5.91 Å². The Labute approximate surface area is 117 Å².